The molecule has 6 heteroatoms. The monoisotopic (exact) mass is 355 g/mol. The molecule has 0 radical (unpaired) electrons. The number of para-hydroxylation sites is 2. The van der Waals surface area contributed by atoms with Crippen LogP contribution in [0.1, 0.15) is 0 Å². The van der Waals surface area contributed by atoms with Crippen molar-refractivity contribution < 1.29 is 14.3 Å². The van der Waals surface area contributed by atoms with Crippen molar-refractivity contribution in [2.75, 3.05) is 57.2 Å². The van der Waals surface area contributed by atoms with Crippen molar-refractivity contribution in [3.63, 3.8) is 0 Å². The standard InChI is InChI=1S/C20H25N3O3/c1-22-11-13-23(14-12-22)17-9-7-16(8-10-17)21-20(24)15-26-19-6-4-3-5-18(19)25-2/h3-10H,11-15H2,1-2H3,(H,21,24). The van der Waals surface area contributed by atoms with Crippen LogP contribution < -0.4 is 19.7 Å². The summed E-state index contributed by atoms with van der Waals surface area (Å²) in [6, 6.07) is 15.2. The summed E-state index contributed by atoms with van der Waals surface area (Å²) in [4.78, 5) is 16.8. The Morgan fingerprint density at radius 1 is 1.00 bits per heavy atom. The van der Waals surface area contributed by atoms with Crippen LogP contribution in [0, 0.1) is 0 Å². The van der Waals surface area contributed by atoms with Crippen LogP contribution in [0.4, 0.5) is 11.4 Å². The molecule has 0 unspecified atom stereocenters. The molecule has 138 valence electrons. The van der Waals surface area contributed by atoms with Gasteiger partial charge in [-0.05, 0) is 43.4 Å². The summed E-state index contributed by atoms with van der Waals surface area (Å²) in [6.45, 7) is 4.11. The average molecular weight is 355 g/mol. The van der Waals surface area contributed by atoms with Crippen LogP contribution in [-0.2, 0) is 4.79 Å². The summed E-state index contributed by atoms with van der Waals surface area (Å²) >= 11 is 0. The largest absolute Gasteiger partial charge is 0.493 e. The van der Waals surface area contributed by atoms with Crippen LogP contribution in [0.25, 0.3) is 0 Å². The molecule has 1 N–H and O–H groups in total. The van der Waals surface area contributed by atoms with Gasteiger partial charge in [-0.2, -0.15) is 0 Å². The topological polar surface area (TPSA) is 54.0 Å². The van der Waals surface area contributed by atoms with E-state index in [-0.39, 0.29) is 12.5 Å². The molecule has 1 amide bonds. The van der Waals surface area contributed by atoms with Gasteiger partial charge in [0.25, 0.3) is 5.91 Å². The number of hydrogen-bond acceptors (Lipinski definition) is 5. The minimum absolute atomic E-state index is 0.0689. The molecule has 0 aliphatic carbocycles. The zero-order valence-electron chi connectivity index (χ0n) is 15.3. The normalized spacial score (nSPS) is 14.8. The fraction of sp³-hybridized carbons (Fsp3) is 0.350. The molecule has 2 aromatic rings. The quantitative estimate of drug-likeness (QED) is 0.863. The Hall–Kier alpha value is -2.73. The lowest BCUT2D eigenvalue weighted by Crippen LogP contribution is -2.44. The van der Waals surface area contributed by atoms with E-state index in [1.54, 1.807) is 19.2 Å². The average Bonchev–Trinajstić information content (AvgIpc) is 2.68. The number of carbonyl (C=O) groups excluding carboxylic acids is 1. The number of piperazine rings is 1. The lowest BCUT2D eigenvalue weighted by atomic mass is 10.2. The van der Waals surface area contributed by atoms with Crippen molar-refractivity contribution in [2.24, 2.45) is 0 Å². The Kier molecular flexibility index (Phi) is 5.96. The SMILES string of the molecule is COc1ccccc1OCC(=O)Nc1ccc(N2CCN(C)CC2)cc1. The van der Waals surface area contributed by atoms with Gasteiger partial charge in [0, 0.05) is 37.6 Å². The van der Waals surface area contributed by atoms with E-state index in [0.717, 1.165) is 31.9 Å². The van der Waals surface area contributed by atoms with Gasteiger partial charge in [0.15, 0.2) is 18.1 Å². The van der Waals surface area contributed by atoms with Gasteiger partial charge in [-0.25, -0.2) is 0 Å². The van der Waals surface area contributed by atoms with Crippen molar-refractivity contribution in [3.05, 3.63) is 48.5 Å². The number of amides is 1. The van der Waals surface area contributed by atoms with Crippen LogP contribution in [0.15, 0.2) is 48.5 Å². The second-order valence-electron chi connectivity index (χ2n) is 6.32. The Labute approximate surface area is 154 Å². The highest BCUT2D eigenvalue weighted by molar-refractivity contribution is 5.92. The Balaban J connectivity index is 1.51. The molecule has 26 heavy (non-hydrogen) atoms. The highest BCUT2D eigenvalue weighted by atomic mass is 16.5. The number of anilines is 2. The third-order valence-corrected chi connectivity index (χ3v) is 4.45. The molecule has 1 aliphatic rings. The highest BCUT2D eigenvalue weighted by Gasteiger charge is 2.14. The molecular weight excluding hydrogens is 330 g/mol. The molecule has 0 atom stereocenters. The molecular formula is C20H25N3O3. The van der Waals surface area contributed by atoms with E-state index in [9.17, 15) is 4.79 Å². The summed E-state index contributed by atoms with van der Waals surface area (Å²) in [7, 11) is 3.72. The molecule has 0 aromatic heterocycles. The lowest BCUT2D eigenvalue weighted by molar-refractivity contribution is -0.118. The van der Waals surface area contributed by atoms with Crippen molar-refractivity contribution in [1.82, 2.24) is 4.90 Å². The molecule has 3 rings (SSSR count). The number of rotatable bonds is 6. The van der Waals surface area contributed by atoms with Gasteiger partial charge in [0.2, 0.25) is 0 Å². The van der Waals surface area contributed by atoms with Gasteiger partial charge in [0.05, 0.1) is 7.11 Å². The first kappa shape index (κ1) is 18.1. The molecule has 0 bridgehead atoms. The van der Waals surface area contributed by atoms with E-state index in [4.69, 9.17) is 9.47 Å². The van der Waals surface area contributed by atoms with Crippen LogP contribution in [0.2, 0.25) is 0 Å². The van der Waals surface area contributed by atoms with Crippen LogP contribution >= 0.6 is 0 Å². The highest BCUT2D eigenvalue weighted by Crippen LogP contribution is 2.25. The maximum atomic E-state index is 12.1. The first-order valence-corrected chi connectivity index (χ1v) is 8.75. The number of likely N-dealkylation sites (N-methyl/N-ethyl adjacent to an activating group) is 1. The number of methoxy groups -OCH3 is 1. The third kappa shape index (κ3) is 4.67. The fourth-order valence-corrected chi connectivity index (χ4v) is 2.90. The summed E-state index contributed by atoms with van der Waals surface area (Å²) in [6.07, 6.45) is 0. The predicted octanol–water partition coefficient (Wildman–Crippen LogP) is 2.46. The summed E-state index contributed by atoms with van der Waals surface area (Å²) in [5.74, 6) is 0.954. The number of nitrogens with one attached hydrogen (secondary N) is 1. The molecule has 1 heterocycles. The van der Waals surface area contributed by atoms with Crippen molar-refractivity contribution in [2.45, 2.75) is 0 Å². The molecule has 0 spiro atoms. The minimum atomic E-state index is -0.205. The molecule has 6 nitrogen and oxygen atoms in total. The van der Waals surface area contributed by atoms with Gasteiger partial charge >= 0.3 is 0 Å². The van der Waals surface area contributed by atoms with Gasteiger partial charge in [-0.15, -0.1) is 0 Å². The predicted molar refractivity (Wildman–Crippen MR) is 103 cm³/mol. The van der Waals surface area contributed by atoms with Gasteiger partial charge in [0.1, 0.15) is 0 Å². The van der Waals surface area contributed by atoms with Crippen molar-refractivity contribution in [1.29, 1.82) is 0 Å². The van der Waals surface area contributed by atoms with E-state index in [1.807, 2.05) is 36.4 Å². The van der Waals surface area contributed by atoms with Gasteiger partial charge in [-0.1, -0.05) is 12.1 Å². The zero-order valence-corrected chi connectivity index (χ0v) is 15.3. The molecule has 2 aromatic carbocycles. The Morgan fingerprint density at radius 2 is 1.65 bits per heavy atom. The fourth-order valence-electron chi connectivity index (χ4n) is 2.90. The maximum absolute atomic E-state index is 12.1. The number of benzene rings is 2. The second kappa shape index (κ2) is 8.58. The van der Waals surface area contributed by atoms with E-state index in [2.05, 4.69) is 22.2 Å². The maximum Gasteiger partial charge on any atom is 0.262 e. The second-order valence-corrected chi connectivity index (χ2v) is 6.32. The Morgan fingerprint density at radius 3 is 2.31 bits per heavy atom. The number of hydrogen-bond donors (Lipinski definition) is 1. The lowest BCUT2D eigenvalue weighted by Gasteiger charge is -2.34. The van der Waals surface area contributed by atoms with E-state index < -0.39 is 0 Å². The summed E-state index contributed by atoms with van der Waals surface area (Å²) < 4.78 is 10.8. The Bertz CT molecular complexity index is 725. The van der Waals surface area contributed by atoms with E-state index in [1.165, 1.54) is 5.69 Å². The van der Waals surface area contributed by atoms with E-state index >= 15 is 0 Å². The number of ether oxygens (including phenoxy) is 2. The summed E-state index contributed by atoms with van der Waals surface area (Å²) in [5, 5.41) is 2.86. The molecule has 1 aliphatic heterocycles. The number of carbonyl (C=O) groups is 1. The zero-order chi connectivity index (χ0) is 18.4. The smallest absolute Gasteiger partial charge is 0.262 e. The molecule has 1 saturated heterocycles. The number of nitrogens with zero attached hydrogens (tertiary/aromatic N) is 2. The van der Waals surface area contributed by atoms with Crippen LogP contribution in [0.5, 0.6) is 11.5 Å². The van der Waals surface area contributed by atoms with Crippen molar-refractivity contribution in [3.8, 4) is 11.5 Å². The van der Waals surface area contributed by atoms with Gasteiger partial charge in [-0.3, -0.25) is 4.79 Å². The van der Waals surface area contributed by atoms with Gasteiger partial charge < -0.3 is 24.6 Å². The first-order chi connectivity index (χ1) is 12.7. The first-order valence-electron chi connectivity index (χ1n) is 8.75. The van der Waals surface area contributed by atoms with Crippen LogP contribution in [0.3, 0.4) is 0 Å². The third-order valence-electron chi connectivity index (χ3n) is 4.45. The van der Waals surface area contributed by atoms with E-state index in [0.29, 0.717) is 11.5 Å². The van der Waals surface area contributed by atoms with Crippen LogP contribution in [-0.4, -0.2) is 57.8 Å². The molecule has 0 saturated carbocycles. The molecule has 1 fully saturated rings. The minimum Gasteiger partial charge on any atom is -0.493 e. The summed E-state index contributed by atoms with van der Waals surface area (Å²) in [5.41, 5.74) is 1.94. The van der Waals surface area contributed by atoms with Crippen molar-refractivity contribution >= 4 is 17.3 Å².